The van der Waals surface area contributed by atoms with Gasteiger partial charge in [0.2, 0.25) is 0 Å². The summed E-state index contributed by atoms with van der Waals surface area (Å²) in [6.45, 7) is 0. The van der Waals surface area contributed by atoms with Crippen LogP contribution in [0.5, 0.6) is 0 Å². The molecule has 1 aliphatic rings. The fourth-order valence-electron chi connectivity index (χ4n) is 13.8. The Labute approximate surface area is 486 Å². The molecule has 4 nitrogen and oxygen atoms in total. The first-order valence-corrected chi connectivity index (χ1v) is 31.8. The first-order chi connectivity index (χ1) is 41.1. The molecule has 0 fully saturated rings. The Hall–Kier alpha value is -10.0. The van der Waals surface area contributed by atoms with Crippen molar-refractivity contribution in [2.45, 2.75) is 0 Å². The minimum absolute atomic E-state index is 0.809. The van der Waals surface area contributed by atoms with Crippen LogP contribution < -0.4 is 30.5 Å². The highest BCUT2D eigenvalue weighted by atomic mass is 32.1. The van der Waals surface area contributed by atoms with Crippen LogP contribution in [0.15, 0.2) is 288 Å². The number of fused-ring (bicyclic) bond motifs is 15. The van der Waals surface area contributed by atoms with E-state index in [1.165, 1.54) is 83.1 Å². The third kappa shape index (κ3) is 6.90. The molecule has 0 radical (unpaired) electrons. The summed E-state index contributed by atoms with van der Waals surface area (Å²) < 4.78 is 19.4. The van der Waals surface area contributed by atoms with Gasteiger partial charge in [0.1, 0.15) is 16.7 Å². The maximum absolute atomic E-state index is 7.41. The predicted molar refractivity (Wildman–Crippen MR) is 356 cm³/mol. The van der Waals surface area contributed by atoms with Gasteiger partial charge >= 0.3 is 0 Å². The quantitative estimate of drug-likeness (QED) is 0.149. The smallest absolute Gasteiger partial charge is 0.184 e. The van der Waals surface area contributed by atoms with Crippen LogP contribution in [0.4, 0.5) is 34.1 Å². The molecule has 17 aromatic rings. The molecule has 4 aromatic heterocycles. The second-order valence-corrected chi connectivity index (χ2v) is 27.8. The Morgan fingerprint density at radius 1 is 0.337 bits per heavy atom. The number of thiophene rings is 2. The molecule has 5 heterocycles. The van der Waals surface area contributed by atoms with Gasteiger partial charge < -0.3 is 18.6 Å². The van der Waals surface area contributed by atoms with Crippen LogP contribution in [0.1, 0.15) is 0 Å². The molecular weight excluding hydrogens is 1070 g/mol. The molecule has 83 heavy (non-hydrogen) atoms. The highest BCUT2D eigenvalue weighted by Gasteiger charge is 2.50. The first kappa shape index (κ1) is 46.7. The van der Waals surface area contributed by atoms with Crippen LogP contribution >= 0.6 is 22.7 Å². The molecule has 7 heteroatoms. The van der Waals surface area contributed by atoms with Crippen LogP contribution in [0.25, 0.3) is 106 Å². The molecule has 0 saturated heterocycles. The Balaban J connectivity index is 0.889. The van der Waals surface area contributed by atoms with E-state index in [1.54, 1.807) is 0 Å². The maximum atomic E-state index is 7.41. The number of hydrogen-bond donors (Lipinski definition) is 0. The standard InChI is InChI=1S/C76H46N2O2S2Si/c1-2-18-49(19-3-1)78-64-26-9-13-31-74(64)83(52-37-40-60-58-22-7-11-29-70(58)81-72(60)43-52,53-38-41-61-59-23-8-12-30-71(59)82-73(61)44-53)75-46-69-63(45-66(75)78)57-39-36-51(42-68(57)79-69)77(65-27-15-25-62-56-21-6-10-28-67(56)80-76(62)65)50-34-32-48(33-35-50)55-24-14-17-47-16-4-5-20-54(47)55/h1-46H. The second kappa shape index (κ2) is 18.0. The largest absolute Gasteiger partial charge is 0.456 e. The summed E-state index contributed by atoms with van der Waals surface area (Å²) in [5, 5.41) is 17.2. The van der Waals surface area contributed by atoms with Gasteiger partial charge in [-0.05, 0) is 134 Å². The molecule has 1 aliphatic heterocycles. The summed E-state index contributed by atoms with van der Waals surface area (Å²) >= 11 is 3.78. The summed E-state index contributed by atoms with van der Waals surface area (Å²) in [5.41, 5.74) is 12.1. The number of nitrogens with zero attached hydrogens (tertiary/aromatic N) is 2. The third-order valence-corrected chi connectivity index (χ3v) is 24.6. The molecule has 0 bridgehead atoms. The third-order valence-electron chi connectivity index (χ3n) is 17.5. The SMILES string of the molecule is c1ccc(N2c3ccccc3[Si](c3ccc4c(c3)sc3ccccc34)(c3ccc4c(c3)sc3ccccc34)c3cc4oc5cc(N(c6ccc(-c7cccc8ccccc78)cc6)c6cccc7c6oc6ccccc67)ccc5c4cc32)cc1. The molecule has 0 N–H and O–H groups in total. The van der Waals surface area contributed by atoms with E-state index >= 15 is 0 Å². The van der Waals surface area contributed by atoms with Gasteiger partial charge in [-0.1, -0.05) is 182 Å². The number of anilines is 6. The monoisotopic (exact) mass is 1110 g/mol. The van der Waals surface area contributed by atoms with Gasteiger partial charge in [0, 0.05) is 90.7 Å². The van der Waals surface area contributed by atoms with E-state index in [-0.39, 0.29) is 0 Å². The van der Waals surface area contributed by atoms with Crippen LogP contribution in [-0.4, -0.2) is 8.07 Å². The molecule has 0 amide bonds. The van der Waals surface area contributed by atoms with Crippen LogP contribution in [-0.2, 0) is 0 Å². The highest BCUT2D eigenvalue weighted by Crippen LogP contribution is 2.47. The van der Waals surface area contributed by atoms with E-state index in [2.05, 4.69) is 283 Å². The minimum atomic E-state index is -3.26. The van der Waals surface area contributed by atoms with Crippen molar-refractivity contribution < 1.29 is 8.83 Å². The van der Waals surface area contributed by atoms with Crippen LogP contribution in [0, 0.1) is 0 Å². The summed E-state index contributed by atoms with van der Waals surface area (Å²) in [4.78, 5) is 4.84. The Morgan fingerprint density at radius 2 is 0.916 bits per heavy atom. The Kier molecular flexibility index (Phi) is 10.1. The molecule has 388 valence electrons. The summed E-state index contributed by atoms with van der Waals surface area (Å²) in [5.74, 6) is 0. The van der Waals surface area contributed by atoms with Gasteiger partial charge in [0.05, 0.1) is 11.4 Å². The second-order valence-electron chi connectivity index (χ2n) is 21.9. The molecule has 0 atom stereocenters. The van der Waals surface area contributed by atoms with E-state index in [0.29, 0.717) is 0 Å². The fraction of sp³-hybridized carbons (Fsp3) is 0. The van der Waals surface area contributed by atoms with E-state index in [1.807, 2.05) is 28.7 Å². The van der Waals surface area contributed by atoms with E-state index in [9.17, 15) is 0 Å². The molecule has 18 rings (SSSR count). The molecular formula is C76H46N2O2S2Si. The van der Waals surface area contributed by atoms with Crippen LogP contribution in [0.3, 0.4) is 0 Å². The lowest BCUT2D eigenvalue weighted by atomic mass is 9.98. The van der Waals surface area contributed by atoms with Crippen molar-refractivity contribution in [3.05, 3.63) is 279 Å². The molecule has 0 aliphatic carbocycles. The van der Waals surface area contributed by atoms with Crippen LogP contribution in [0.2, 0.25) is 0 Å². The van der Waals surface area contributed by atoms with Gasteiger partial charge in [0.25, 0.3) is 0 Å². The first-order valence-electron chi connectivity index (χ1n) is 28.2. The van der Waals surface area contributed by atoms with Gasteiger partial charge in [-0.15, -0.1) is 22.7 Å². The van der Waals surface area contributed by atoms with E-state index in [0.717, 1.165) is 77.9 Å². The lowest BCUT2D eigenvalue weighted by Crippen LogP contribution is -2.77. The summed E-state index contributed by atoms with van der Waals surface area (Å²) in [7, 11) is -3.26. The molecule has 0 saturated carbocycles. The maximum Gasteiger partial charge on any atom is 0.184 e. The van der Waals surface area contributed by atoms with Crippen molar-refractivity contribution in [2.75, 3.05) is 9.80 Å². The Bertz CT molecular complexity index is 5380. The zero-order chi connectivity index (χ0) is 54.3. The minimum Gasteiger partial charge on any atom is -0.456 e. The zero-order valence-corrected chi connectivity index (χ0v) is 47.2. The van der Waals surface area contributed by atoms with Crippen molar-refractivity contribution in [1.82, 2.24) is 0 Å². The van der Waals surface area contributed by atoms with Crippen molar-refractivity contribution in [3.8, 4) is 11.1 Å². The van der Waals surface area contributed by atoms with E-state index in [4.69, 9.17) is 8.83 Å². The normalized spacial score (nSPS) is 13.1. The van der Waals surface area contributed by atoms with Crippen molar-refractivity contribution in [3.63, 3.8) is 0 Å². The number of hydrogen-bond acceptors (Lipinski definition) is 6. The zero-order valence-electron chi connectivity index (χ0n) is 44.6. The number of rotatable bonds is 7. The van der Waals surface area contributed by atoms with Gasteiger partial charge in [-0.3, -0.25) is 0 Å². The number of benzene rings is 13. The molecule has 13 aromatic carbocycles. The van der Waals surface area contributed by atoms with Gasteiger partial charge in [-0.25, -0.2) is 0 Å². The van der Waals surface area contributed by atoms with Crippen molar-refractivity contribution >= 4 is 181 Å². The Morgan fingerprint density at radius 3 is 1.69 bits per heavy atom. The summed E-state index contributed by atoms with van der Waals surface area (Å²) in [6.07, 6.45) is 0. The fourth-order valence-corrected chi connectivity index (χ4v) is 21.4. The predicted octanol–water partition coefficient (Wildman–Crippen LogP) is 19.7. The summed E-state index contributed by atoms with van der Waals surface area (Å²) in [6, 6.07) is 103. The van der Waals surface area contributed by atoms with Gasteiger partial charge in [-0.2, -0.15) is 0 Å². The molecule has 0 spiro atoms. The van der Waals surface area contributed by atoms with Crippen molar-refractivity contribution in [1.29, 1.82) is 0 Å². The number of furan rings is 2. The average Bonchev–Trinajstić information content (AvgIpc) is 2.47. The lowest BCUT2D eigenvalue weighted by Gasteiger charge is -2.45. The number of para-hydroxylation sites is 4. The average molecular weight is 1110 g/mol. The van der Waals surface area contributed by atoms with Gasteiger partial charge in [0.15, 0.2) is 13.7 Å². The van der Waals surface area contributed by atoms with Crippen molar-refractivity contribution in [2.24, 2.45) is 0 Å². The highest BCUT2D eigenvalue weighted by molar-refractivity contribution is 7.27. The molecule has 0 unspecified atom stereocenters. The van der Waals surface area contributed by atoms with E-state index < -0.39 is 8.07 Å². The topological polar surface area (TPSA) is 32.8 Å². The lowest BCUT2D eigenvalue weighted by molar-refractivity contribution is 0.667.